The fraction of sp³-hybridized carbons (Fsp3) is 0.941. The van der Waals surface area contributed by atoms with Gasteiger partial charge in [-0.1, -0.05) is 27.7 Å². The largest absolute Gasteiger partial charge is 0.342 e. The summed E-state index contributed by atoms with van der Waals surface area (Å²) in [7, 11) is 0. The quantitative estimate of drug-likeness (QED) is 0.736. The Morgan fingerprint density at radius 2 is 1.53 bits per heavy atom. The summed E-state index contributed by atoms with van der Waals surface area (Å²) < 4.78 is 0. The minimum Gasteiger partial charge on any atom is -0.342 e. The molecule has 1 aliphatic heterocycles. The number of carbonyl (C=O) groups excluding carboxylic acids is 1. The highest BCUT2D eigenvalue weighted by atomic mass is 16.2. The van der Waals surface area contributed by atoms with Gasteiger partial charge in [-0.2, -0.15) is 0 Å². The van der Waals surface area contributed by atoms with Crippen LogP contribution in [0.2, 0.25) is 0 Å². The molecule has 0 atom stereocenters. The summed E-state index contributed by atoms with van der Waals surface area (Å²) in [5.41, 5.74) is 0.582. The molecule has 0 unspecified atom stereocenters. The molecule has 2 heteroatoms. The SMILES string of the molecule is CC(C)C(=O)N1CCC2(CCC(C(C)C)CC2)CC1. The van der Waals surface area contributed by atoms with Crippen molar-refractivity contribution in [3.05, 3.63) is 0 Å². The Bertz CT molecular complexity index is 303. The molecule has 1 saturated carbocycles. The van der Waals surface area contributed by atoms with Gasteiger partial charge >= 0.3 is 0 Å². The number of amides is 1. The number of piperidine rings is 1. The third-order valence-corrected chi connectivity index (χ3v) is 5.66. The zero-order chi connectivity index (χ0) is 14.0. The molecule has 1 amide bonds. The van der Waals surface area contributed by atoms with E-state index in [0.717, 1.165) is 24.9 Å². The first-order valence-electron chi connectivity index (χ1n) is 8.22. The molecule has 2 aliphatic rings. The van der Waals surface area contributed by atoms with Gasteiger partial charge in [0, 0.05) is 19.0 Å². The summed E-state index contributed by atoms with van der Waals surface area (Å²) in [5.74, 6) is 2.30. The molecule has 2 nitrogen and oxygen atoms in total. The fourth-order valence-electron chi connectivity index (χ4n) is 3.99. The van der Waals surface area contributed by atoms with Crippen molar-refractivity contribution in [1.82, 2.24) is 4.90 Å². The van der Waals surface area contributed by atoms with Crippen LogP contribution in [0.4, 0.5) is 0 Å². The first-order chi connectivity index (χ1) is 8.93. The minimum atomic E-state index is 0.158. The molecule has 0 aromatic heterocycles. The van der Waals surface area contributed by atoms with E-state index in [9.17, 15) is 4.79 Å². The zero-order valence-corrected chi connectivity index (χ0v) is 13.2. The molecule has 110 valence electrons. The van der Waals surface area contributed by atoms with Gasteiger partial charge in [-0.05, 0) is 55.8 Å². The Morgan fingerprint density at radius 3 is 1.95 bits per heavy atom. The molecule has 0 bridgehead atoms. The third-order valence-electron chi connectivity index (χ3n) is 5.66. The number of hydrogen-bond donors (Lipinski definition) is 0. The van der Waals surface area contributed by atoms with E-state index in [0.29, 0.717) is 11.3 Å². The second-order valence-corrected chi connectivity index (χ2v) is 7.56. The molecule has 1 heterocycles. The van der Waals surface area contributed by atoms with E-state index in [2.05, 4.69) is 18.7 Å². The number of hydrogen-bond acceptors (Lipinski definition) is 1. The normalized spacial score (nSPS) is 24.4. The van der Waals surface area contributed by atoms with Crippen LogP contribution in [0.1, 0.15) is 66.2 Å². The lowest BCUT2D eigenvalue weighted by molar-refractivity contribution is -0.137. The minimum absolute atomic E-state index is 0.158. The Balaban J connectivity index is 1.85. The Hall–Kier alpha value is -0.530. The van der Waals surface area contributed by atoms with Gasteiger partial charge in [-0.25, -0.2) is 0 Å². The van der Waals surface area contributed by atoms with Crippen molar-refractivity contribution in [3.8, 4) is 0 Å². The lowest BCUT2D eigenvalue weighted by Crippen LogP contribution is -2.46. The Morgan fingerprint density at radius 1 is 1.00 bits per heavy atom. The predicted molar refractivity (Wildman–Crippen MR) is 79.9 cm³/mol. The van der Waals surface area contributed by atoms with E-state index in [1.807, 2.05) is 13.8 Å². The first kappa shape index (κ1) is 14.9. The Kier molecular flexibility index (Phi) is 4.58. The van der Waals surface area contributed by atoms with Crippen molar-refractivity contribution in [2.45, 2.75) is 66.2 Å². The van der Waals surface area contributed by atoms with Gasteiger partial charge < -0.3 is 4.90 Å². The van der Waals surface area contributed by atoms with Gasteiger partial charge in [0.25, 0.3) is 0 Å². The number of likely N-dealkylation sites (tertiary alicyclic amines) is 1. The highest BCUT2D eigenvalue weighted by Crippen LogP contribution is 2.47. The highest BCUT2D eigenvalue weighted by Gasteiger charge is 2.39. The molecular formula is C17H31NO. The standard InChI is InChI=1S/C17H31NO/c1-13(2)15-5-7-17(8-6-15)9-11-18(12-10-17)16(19)14(3)4/h13-15H,5-12H2,1-4H3. The number of rotatable bonds is 2. The lowest BCUT2D eigenvalue weighted by Gasteiger charge is -2.47. The maximum absolute atomic E-state index is 12.0. The fourth-order valence-corrected chi connectivity index (χ4v) is 3.99. The number of carbonyl (C=O) groups is 1. The second kappa shape index (κ2) is 5.85. The van der Waals surface area contributed by atoms with Gasteiger partial charge in [-0.15, -0.1) is 0 Å². The van der Waals surface area contributed by atoms with Crippen LogP contribution in [0, 0.1) is 23.2 Å². The monoisotopic (exact) mass is 265 g/mol. The molecule has 0 N–H and O–H groups in total. The predicted octanol–water partition coefficient (Wildman–Crippen LogP) is 4.10. The van der Waals surface area contributed by atoms with Gasteiger partial charge in [0.05, 0.1) is 0 Å². The average molecular weight is 265 g/mol. The van der Waals surface area contributed by atoms with Gasteiger partial charge in [0.2, 0.25) is 5.91 Å². The molecule has 2 fully saturated rings. The molecule has 0 radical (unpaired) electrons. The Labute approximate surface area is 118 Å². The van der Waals surface area contributed by atoms with Crippen molar-refractivity contribution in [1.29, 1.82) is 0 Å². The van der Waals surface area contributed by atoms with Gasteiger partial charge in [-0.3, -0.25) is 4.79 Å². The summed E-state index contributed by atoms with van der Waals surface area (Å²) >= 11 is 0. The van der Waals surface area contributed by atoms with Crippen molar-refractivity contribution >= 4 is 5.91 Å². The smallest absolute Gasteiger partial charge is 0.225 e. The van der Waals surface area contributed by atoms with Crippen molar-refractivity contribution in [2.24, 2.45) is 23.2 Å². The summed E-state index contributed by atoms with van der Waals surface area (Å²) in [6.45, 7) is 10.8. The van der Waals surface area contributed by atoms with E-state index in [1.54, 1.807) is 0 Å². The van der Waals surface area contributed by atoms with E-state index in [-0.39, 0.29) is 5.92 Å². The van der Waals surface area contributed by atoms with Crippen molar-refractivity contribution in [3.63, 3.8) is 0 Å². The maximum atomic E-state index is 12.0. The van der Waals surface area contributed by atoms with Crippen LogP contribution < -0.4 is 0 Å². The molecule has 2 rings (SSSR count). The highest BCUT2D eigenvalue weighted by molar-refractivity contribution is 5.78. The number of nitrogens with zero attached hydrogens (tertiary/aromatic N) is 1. The van der Waals surface area contributed by atoms with Crippen LogP contribution in [0.3, 0.4) is 0 Å². The lowest BCUT2D eigenvalue weighted by atomic mass is 9.64. The van der Waals surface area contributed by atoms with Crippen LogP contribution in [0.5, 0.6) is 0 Å². The molecular weight excluding hydrogens is 234 g/mol. The topological polar surface area (TPSA) is 20.3 Å². The molecule has 19 heavy (non-hydrogen) atoms. The molecule has 1 saturated heterocycles. The van der Waals surface area contributed by atoms with Crippen LogP contribution in [0.15, 0.2) is 0 Å². The molecule has 0 aromatic rings. The molecule has 1 spiro atoms. The van der Waals surface area contributed by atoms with E-state index >= 15 is 0 Å². The summed E-state index contributed by atoms with van der Waals surface area (Å²) in [4.78, 5) is 14.1. The van der Waals surface area contributed by atoms with Crippen molar-refractivity contribution < 1.29 is 4.79 Å². The maximum Gasteiger partial charge on any atom is 0.225 e. The summed E-state index contributed by atoms with van der Waals surface area (Å²) in [6.07, 6.45) is 8.12. The zero-order valence-electron chi connectivity index (χ0n) is 13.2. The second-order valence-electron chi connectivity index (χ2n) is 7.56. The first-order valence-corrected chi connectivity index (χ1v) is 8.22. The van der Waals surface area contributed by atoms with Crippen molar-refractivity contribution in [2.75, 3.05) is 13.1 Å². The summed E-state index contributed by atoms with van der Waals surface area (Å²) in [6, 6.07) is 0. The molecule has 0 aromatic carbocycles. The van der Waals surface area contributed by atoms with Crippen LogP contribution in [-0.4, -0.2) is 23.9 Å². The van der Waals surface area contributed by atoms with E-state index in [1.165, 1.54) is 38.5 Å². The van der Waals surface area contributed by atoms with Crippen LogP contribution in [-0.2, 0) is 4.79 Å². The van der Waals surface area contributed by atoms with Crippen LogP contribution in [0.25, 0.3) is 0 Å². The van der Waals surface area contributed by atoms with Gasteiger partial charge in [0.1, 0.15) is 0 Å². The third kappa shape index (κ3) is 3.32. The molecule has 1 aliphatic carbocycles. The average Bonchev–Trinajstić information content (AvgIpc) is 2.39. The van der Waals surface area contributed by atoms with Crippen LogP contribution >= 0.6 is 0 Å². The van der Waals surface area contributed by atoms with Gasteiger partial charge in [0.15, 0.2) is 0 Å². The summed E-state index contributed by atoms with van der Waals surface area (Å²) in [5, 5.41) is 0. The van der Waals surface area contributed by atoms with E-state index in [4.69, 9.17) is 0 Å². The van der Waals surface area contributed by atoms with E-state index < -0.39 is 0 Å².